The molecule has 0 saturated carbocycles. The maximum atomic E-state index is 12.5. The minimum atomic E-state index is -0.0157. The van der Waals surface area contributed by atoms with E-state index in [4.69, 9.17) is 15.2 Å². The molecule has 1 aromatic heterocycles. The second kappa shape index (κ2) is 9.53. The Morgan fingerprint density at radius 3 is 2.48 bits per heavy atom. The van der Waals surface area contributed by atoms with E-state index in [1.165, 1.54) is 11.3 Å². The van der Waals surface area contributed by atoms with Crippen molar-refractivity contribution in [2.45, 2.75) is 6.92 Å². The molecule has 0 atom stereocenters. The first-order chi connectivity index (χ1) is 10.1. The molecule has 0 saturated heterocycles. The maximum absolute atomic E-state index is 12.5. The van der Waals surface area contributed by atoms with Crippen LogP contribution in [0.3, 0.4) is 0 Å². The van der Waals surface area contributed by atoms with Gasteiger partial charge < -0.3 is 20.1 Å². The smallest absolute Gasteiger partial charge is 0.264 e. The van der Waals surface area contributed by atoms with Crippen molar-refractivity contribution in [3.63, 3.8) is 0 Å². The Balaban J connectivity index is 2.86. The zero-order chi connectivity index (χ0) is 15.7. The molecule has 21 heavy (non-hydrogen) atoms. The maximum Gasteiger partial charge on any atom is 0.264 e. The summed E-state index contributed by atoms with van der Waals surface area (Å²) in [6.07, 6.45) is 0. The lowest BCUT2D eigenvalue weighted by molar-refractivity contribution is 0.0632. The summed E-state index contributed by atoms with van der Waals surface area (Å²) in [5, 5.41) is 0. The molecular formula is C15H22N2O3S. The zero-order valence-electron chi connectivity index (χ0n) is 12.8. The van der Waals surface area contributed by atoms with Gasteiger partial charge in [-0.3, -0.25) is 4.79 Å². The highest BCUT2D eigenvalue weighted by molar-refractivity contribution is 7.14. The highest BCUT2D eigenvalue weighted by atomic mass is 32.1. The molecule has 0 spiro atoms. The molecule has 1 rings (SSSR count). The van der Waals surface area contributed by atoms with Crippen LogP contribution in [0.1, 0.15) is 20.1 Å². The van der Waals surface area contributed by atoms with Crippen LogP contribution in [0.2, 0.25) is 0 Å². The molecule has 6 heteroatoms. The van der Waals surface area contributed by atoms with Crippen molar-refractivity contribution < 1.29 is 14.3 Å². The van der Waals surface area contributed by atoms with Crippen molar-refractivity contribution in [3.8, 4) is 11.8 Å². The molecule has 5 nitrogen and oxygen atoms in total. The average molecular weight is 310 g/mol. The lowest BCUT2D eigenvalue weighted by Gasteiger charge is -2.21. The molecule has 0 aliphatic rings. The monoisotopic (exact) mass is 310 g/mol. The highest BCUT2D eigenvalue weighted by Gasteiger charge is 2.18. The zero-order valence-corrected chi connectivity index (χ0v) is 13.6. The van der Waals surface area contributed by atoms with E-state index < -0.39 is 0 Å². The van der Waals surface area contributed by atoms with Gasteiger partial charge in [0.1, 0.15) is 0 Å². The van der Waals surface area contributed by atoms with Crippen molar-refractivity contribution in [2.75, 3.05) is 47.1 Å². The first-order valence-corrected chi connectivity index (χ1v) is 7.52. The molecule has 0 fully saturated rings. The van der Waals surface area contributed by atoms with Gasteiger partial charge in [-0.2, -0.15) is 0 Å². The van der Waals surface area contributed by atoms with Gasteiger partial charge in [-0.1, -0.05) is 11.8 Å². The Bertz CT molecular complexity index is 509. The van der Waals surface area contributed by atoms with E-state index in [9.17, 15) is 4.79 Å². The van der Waals surface area contributed by atoms with Gasteiger partial charge in [0.05, 0.1) is 29.5 Å². The number of amides is 1. The van der Waals surface area contributed by atoms with Gasteiger partial charge in [0.15, 0.2) is 0 Å². The van der Waals surface area contributed by atoms with Crippen LogP contribution in [-0.4, -0.2) is 57.9 Å². The van der Waals surface area contributed by atoms with Crippen LogP contribution < -0.4 is 5.73 Å². The van der Waals surface area contributed by atoms with Crippen LogP contribution in [0.5, 0.6) is 0 Å². The first kappa shape index (κ1) is 17.7. The molecule has 0 aromatic carbocycles. The number of thiophene rings is 1. The fourth-order valence-corrected chi connectivity index (χ4v) is 2.73. The highest BCUT2D eigenvalue weighted by Crippen LogP contribution is 2.22. The summed E-state index contributed by atoms with van der Waals surface area (Å²) < 4.78 is 10.1. The standard InChI is InChI=1S/C15H22N2O3S/c1-12-11-14(21-13(12)5-4-6-16)15(18)17(7-9-19-2)8-10-20-3/h11H,6-10,16H2,1-3H3. The number of methoxy groups -OCH3 is 2. The van der Waals surface area contributed by atoms with Gasteiger partial charge in [-0.15, -0.1) is 11.3 Å². The quantitative estimate of drug-likeness (QED) is 0.766. The van der Waals surface area contributed by atoms with Gasteiger partial charge in [0.2, 0.25) is 0 Å². The normalized spacial score (nSPS) is 10.1. The number of ether oxygens (including phenoxy) is 2. The number of nitrogens with zero attached hydrogens (tertiary/aromatic N) is 1. The molecule has 0 aliphatic heterocycles. The van der Waals surface area contributed by atoms with E-state index >= 15 is 0 Å². The number of carbonyl (C=O) groups is 1. The largest absolute Gasteiger partial charge is 0.383 e. The van der Waals surface area contributed by atoms with Crippen LogP contribution in [0.15, 0.2) is 6.07 Å². The summed E-state index contributed by atoms with van der Waals surface area (Å²) >= 11 is 1.40. The molecule has 1 aromatic rings. The third kappa shape index (κ3) is 5.48. The van der Waals surface area contributed by atoms with E-state index in [1.54, 1.807) is 19.1 Å². The van der Waals surface area contributed by atoms with Gasteiger partial charge in [0.25, 0.3) is 5.91 Å². The van der Waals surface area contributed by atoms with Crippen LogP contribution >= 0.6 is 11.3 Å². The second-order valence-electron chi connectivity index (χ2n) is 4.41. The third-order valence-corrected chi connectivity index (χ3v) is 3.99. The van der Waals surface area contributed by atoms with Gasteiger partial charge in [0, 0.05) is 27.3 Å². The van der Waals surface area contributed by atoms with Crippen LogP contribution in [0, 0.1) is 18.8 Å². The van der Waals surface area contributed by atoms with E-state index in [0.29, 0.717) is 37.7 Å². The topological polar surface area (TPSA) is 64.8 Å². The number of hydrogen-bond donors (Lipinski definition) is 1. The van der Waals surface area contributed by atoms with E-state index in [1.807, 2.05) is 13.0 Å². The molecule has 1 heterocycles. The minimum Gasteiger partial charge on any atom is -0.383 e. The first-order valence-electron chi connectivity index (χ1n) is 6.70. The molecule has 0 aliphatic carbocycles. The van der Waals surface area contributed by atoms with Crippen LogP contribution in [0.25, 0.3) is 0 Å². The third-order valence-electron chi connectivity index (χ3n) is 2.85. The van der Waals surface area contributed by atoms with Gasteiger partial charge in [-0.05, 0) is 18.6 Å². The Kier molecular flexibility index (Phi) is 8.01. The minimum absolute atomic E-state index is 0.0157. The Morgan fingerprint density at radius 2 is 1.95 bits per heavy atom. The second-order valence-corrected chi connectivity index (χ2v) is 5.46. The van der Waals surface area contributed by atoms with Crippen molar-refractivity contribution in [1.82, 2.24) is 4.90 Å². The van der Waals surface area contributed by atoms with E-state index in [2.05, 4.69) is 11.8 Å². The predicted molar refractivity (Wildman–Crippen MR) is 84.6 cm³/mol. The Morgan fingerprint density at radius 1 is 1.33 bits per heavy atom. The molecule has 116 valence electrons. The average Bonchev–Trinajstić information content (AvgIpc) is 2.86. The van der Waals surface area contributed by atoms with E-state index in [-0.39, 0.29) is 5.91 Å². The van der Waals surface area contributed by atoms with Gasteiger partial charge >= 0.3 is 0 Å². The summed E-state index contributed by atoms with van der Waals surface area (Å²) in [5.74, 6) is 5.80. The fraction of sp³-hybridized carbons (Fsp3) is 0.533. The molecule has 2 N–H and O–H groups in total. The summed E-state index contributed by atoms with van der Waals surface area (Å²) in [4.78, 5) is 15.9. The number of hydrogen-bond acceptors (Lipinski definition) is 5. The van der Waals surface area contributed by atoms with Gasteiger partial charge in [-0.25, -0.2) is 0 Å². The van der Waals surface area contributed by atoms with Crippen LogP contribution in [-0.2, 0) is 9.47 Å². The Labute approximate surface area is 130 Å². The molecule has 0 unspecified atom stereocenters. The number of rotatable bonds is 7. The van der Waals surface area contributed by atoms with Crippen molar-refractivity contribution in [3.05, 3.63) is 21.4 Å². The number of nitrogens with two attached hydrogens (primary N) is 1. The van der Waals surface area contributed by atoms with E-state index in [0.717, 1.165) is 10.4 Å². The molecule has 1 amide bonds. The summed E-state index contributed by atoms with van der Waals surface area (Å²) in [6.45, 7) is 4.34. The summed E-state index contributed by atoms with van der Waals surface area (Å²) in [7, 11) is 3.24. The van der Waals surface area contributed by atoms with Crippen molar-refractivity contribution in [1.29, 1.82) is 0 Å². The fourth-order valence-electron chi connectivity index (χ4n) is 1.72. The summed E-state index contributed by atoms with van der Waals surface area (Å²) in [5.41, 5.74) is 6.38. The predicted octanol–water partition coefficient (Wildman–Crippen LogP) is 1.10. The lowest BCUT2D eigenvalue weighted by atomic mass is 10.2. The molecule has 0 bridgehead atoms. The van der Waals surface area contributed by atoms with Crippen molar-refractivity contribution in [2.24, 2.45) is 5.73 Å². The molecule has 0 radical (unpaired) electrons. The summed E-state index contributed by atoms with van der Waals surface area (Å²) in [6, 6.07) is 1.88. The van der Waals surface area contributed by atoms with Crippen LogP contribution in [0.4, 0.5) is 0 Å². The van der Waals surface area contributed by atoms with Crippen molar-refractivity contribution >= 4 is 17.2 Å². The lowest BCUT2D eigenvalue weighted by Crippen LogP contribution is -2.36. The number of aryl methyl sites for hydroxylation is 1. The number of carbonyl (C=O) groups excluding carboxylic acids is 1. The molecular weight excluding hydrogens is 288 g/mol. The SMILES string of the molecule is COCCN(CCOC)C(=O)c1cc(C)c(C#CCN)s1. The Hall–Kier alpha value is -1.39.